The van der Waals surface area contributed by atoms with Gasteiger partial charge >= 0.3 is 5.97 Å². The van der Waals surface area contributed by atoms with Crippen molar-refractivity contribution >= 4 is 58.9 Å². The van der Waals surface area contributed by atoms with Crippen LogP contribution in [0, 0.1) is 6.92 Å². The molecule has 0 bridgehead atoms. The van der Waals surface area contributed by atoms with Crippen molar-refractivity contribution in [3.05, 3.63) is 107 Å². The summed E-state index contributed by atoms with van der Waals surface area (Å²) in [6, 6.07) is 16.9. The molecule has 1 saturated carbocycles. The molecular formula is C48H62N6O6S2Si. The third-order valence-electron chi connectivity index (χ3n) is 13.8. The Kier molecular flexibility index (Phi) is 13.2. The predicted molar refractivity (Wildman–Crippen MR) is 254 cm³/mol. The summed E-state index contributed by atoms with van der Waals surface area (Å²) in [7, 11) is -0.0347. The number of pyridine rings is 1. The SMILES string of the molecule is Cc1ccc([C@@](O)(C(=O)O[C@H]2CC[C@H](N(C)CCCn3nnc4cc(CNCC(O[Si](C)(C)C(C)(C)C)c5ccc(O)c6[nH]c(=O)ccc56)c5c(c43)CCC5)CC2)c2cccs2)s1. The molecule has 8 rings (SSSR count). The van der Waals surface area contributed by atoms with Gasteiger partial charge in [0.1, 0.15) is 17.4 Å². The molecule has 2 aliphatic rings. The second-order valence-electron chi connectivity index (χ2n) is 19.1. The smallest absolute Gasteiger partial charge is 0.349 e. The second kappa shape index (κ2) is 18.3. The molecule has 2 aliphatic carbocycles. The van der Waals surface area contributed by atoms with E-state index in [4.69, 9.17) is 9.16 Å². The van der Waals surface area contributed by atoms with Gasteiger partial charge in [0.05, 0.1) is 26.9 Å². The lowest BCUT2D eigenvalue weighted by molar-refractivity contribution is -0.169. The van der Waals surface area contributed by atoms with Crippen molar-refractivity contribution in [2.75, 3.05) is 20.1 Å². The molecule has 0 radical (unpaired) electrons. The fourth-order valence-electron chi connectivity index (χ4n) is 9.21. The molecule has 2 atom stereocenters. The lowest BCUT2D eigenvalue weighted by Crippen LogP contribution is -2.43. The van der Waals surface area contributed by atoms with Crippen LogP contribution in [0.5, 0.6) is 5.75 Å². The van der Waals surface area contributed by atoms with E-state index in [2.05, 4.69) is 77.2 Å². The highest BCUT2D eigenvalue weighted by molar-refractivity contribution is 7.13. The number of ether oxygens (including phenoxy) is 1. The van der Waals surface area contributed by atoms with Crippen LogP contribution in [-0.2, 0) is 45.5 Å². The highest BCUT2D eigenvalue weighted by Crippen LogP contribution is 2.42. The van der Waals surface area contributed by atoms with E-state index in [-0.39, 0.29) is 28.6 Å². The van der Waals surface area contributed by atoms with E-state index in [0.29, 0.717) is 34.4 Å². The lowest BCUT2D eigenvalue weighted by atomic mass is 9.91. The molecule has 2 aromatic carbocycles. The number of carbonyl (C=O) groups excluding carboxylic acids is 1. The molecule has 1 fully saturated rings. The first kappa shape index (κ1) is 45.3. The van der Waals surface area contributed by atoms with E-state index in [1.165, 1.54) is 45.4 Å². The zero-order chi connectivity index (χ0) is 44.7. The van der Waals surface area contributed by atoms with Crippen molar-refractivity contribution in [2.45, 2.75) is 134 Å². The number of phenols is 1. The van der Waals surface area contributed by atoms with Gasteiger partial charge in [0.25, 0.3) is 0 Å². The summed E-state index contributed by atoms with van der Waals surface area (Å²) in [5.41, 5.74) is 5.39. The number of nitrogens with one attached hydrogen (secondary N) is 2. The highest BCUT2D eigenvalue weighted by atomic mass is 32.1. The maximum Gasteiger partial charge on any atom is 0.349 e. The minimum atomic E-state index is -2.22. The number of fused-ring (bicyclic) bond motifs is 4. The molecule has 15 heteroatoms. The number of aromatic nitrogens is 4. The Hall–Kier alpha value is -4.22. The molecule has 0 spiro atoms. The van der Waals surface area contributed by atoms with Gasteiger partial charge in [-0.3, -0.25) is 4.79 Å². The molecule has 0 aliphatic heterocycles. The van der Waals surface area contributed by atoms with Crippen LogP contribution in [-0.4, -0.2) is 81.7 Å². The number of phenolic OH excluding ortho intramolecular Hbond substituents is 1. The van der Waals surface area contributed by atoms with Gasteiger partial charge in [-0.25, -0.2) is 9.48 Å². The van der Waals surface area contributed by atoms with Crippen LogP contribution in [0.3, 0.4) is 0 Å². The third-order valence-corrected chi connectivity index (χ3v) is 20.4. The van der Waals surface area contributed by atoms with Gasteiger partial charge in [-0.1, -0.05) is 38.1 Å². The van der Waals surface area contributed by atoms with E-state index >= 15 is 0 Å². The Morgan fingerprint density at radius 3 is 2.56 bits per heavy atom. The lowest BCUT2D eigenvalue weighted by Gasteiger charge is -2.39. The van der Waals surface area contributed by atoms with E-state index in [1.54, 1.807) is 18.2 Å². The molecule has 336 valence electrons. The topological polar surface area (TPSA) is 155 Å². The molecular weight excluding hydrogens is 849 g/mol. The number of aliphatic hydroxyl groups is 1. The van der Waals surface area contributed by atoms with Gasteiger partial charge in [0, 0.05) is 42.0 Å². The average Bonchev–Trinajstić information content (AvgIpc) is 4.09. The molecule has 0 saturated heterocycles. The minimum Gasteiger partial charge on any atom is -0.506 e. The Morgan fingerprint density at radius 1 is 1.06 bits per heavy atom. The standard InChI is InChI=1S/C48H62N6O6S2Si/c1-30-14-22-42(62-30)48(58,41-13-9-26-61-41)46(57)59-33-17-15-32(16-18-33)53(5)24-10-25-54-45-37-12-8-11-34(37)31(27-38(45)51-52-54)28-49-29-40(60-63(6,7)47(2,3)4)35-19-21-39(55)44-36(35)20-23-43(56)50-44/h9,13-14,19-23,26-27,32-33,40,49,55,58H,8,10-12,15-18,24-25,28-29H2,1-7H3,(H,50,56)/t32-,33-,40?,48-/m1/s1. The largest absolute Gasteiger partial charge is 0.506 e. The van der Waals surface area contributed by atoms with Crippen LogP contribution in [0.4, 0.5) is 0 Å². The summed E-state index contributed by atoms with van der Waals surface area (Å²) in [4.78, 5) is 33.3. The number of aryl methyl sites for hydroxylation is 3. The number of hydrogen-bond acceptors (Lipinski definition) is 12. The van der Waals surface area contributed by atoms with Crippen molar-refractivity contribution < 1.29 is 24.2 Å². The maximum atomic E-state index is 13.6. The number of carbonyl (C=O) groups is 1. The zero-order valence-corrected chi connectivity index (χ0v) is 40.3. The van der Waals surface area contributed by atoms with Gasteiger partial charge in [0.2, 0.25) is 11.2 Å². The number of rotatable bonds is 16. The van der Waals surface area contributed by atoms with E-state index in [0.717, 1.165) is 91.3 Å². The Balaban J connectivity index is 0.885. The Labute approximate surface area is 378 Å². The average molecular weight is 911 g/mol. The summed E-state index contributed by atoms with van der Waals surface area (Å²) >= 11 is 2.79. The maximum absolute atomic E-state index is 13.6. The van der Waals surface area contributed by atoms with Crippen molar-refractivity contribution in [3.63, 3.8) is 0 Å². The first-order valence-electron chi connectivity index (χ1n) is 22.4. The van der Waals surface area contributed by atoms with Gasteiger partial charge in [-0.05, 0) is 154 Å². The van der Waals surface area contributed by atoms with Gasteiger partial charge < -0.3 is 34.6 Å². The minimum absolute atomic E-state index is 0.0123. The molecule has 63 heavy (non-hydrogen) atoms. The fraction of sp³-hybridized carbons (Fsp3) is 0.500. The number of nitrogens with zero attached hydrogens (tertiary/aromatic N) is 4. The number of H-pyrrole nitrogens is 1. The number of thiophene rings is 2. The number of aromatic amines is 1. The summed E-state index contributed by atoms with van der Waals surface area (Å²) in [5, 5.41) is 38.2. The predicted octanol–water partition coefficient (Wildman–Crippen LogP) is 8.86. The quantitative estimate of drug-likeness (QED) is 0.0547. The van der Waals surface area contributed by atoms with Crippen molar-refractivity contribution in [3.8, 4) is 5.75 Å². The molecule has 1 unspecified atom stereocenters. The molecule has 4 heterocycles. The van der Waals surface area contributed by atoms with Gasteiger partial charge in [0.15, 0.2) is 8.32 Å². The number of esters is 1. The number of aromatic hydroxyl groups is 1. The monoisotopic (exact) mass is 910 g/mol. The third kappa shape index (κ3) is 9.33. The second-order valence-corrected chi connectivity index (χ2v) is 26.1. The molecule has 4 N–H and O–H groups in total. The first-order valence-corrected chi connectivity index (χ1v) is 27.0. The molecule has 12 nitrogen and oxygen atoms in total. The highest BCUT2D eigenvalue weighted by Gasteiger charge is 2.45. The normalized spacial score (nSPS) is 18.6. The van der Waals surface area contributed by atoms with Crippen molar-refractivity contribution in [1.82, 2.24) is 30.2 Å². The summed E-state index contributed by atoms with van der Waals surface area (Å²) < 4.78 is 15.2. The molecule has 0 amide bonds. The zero-order valence-electron chi connectivity index (χ0n) is 37.6. The van der Waals surface area contributed by atoms with Crippen molar-refractivity contribution in [1.29, 1.82) is 0 Å². The van der Waals surface area contributed by atoms with Gasteiger partial charge in [-0.2, -0.15) is 0 Å². The number of benzene rings is 2. The van der Waals surface area contributed by atoms with Crippen LogP contribution >= 0.6 is 22.7 Å². The fourth-order valence-corrected chi connectivity index (χ4v) is 12.3. The van der Waals surface area contributed by atoms with Crippen LogP contribution in [0.1, 0.15) is 102 Å². The summed E-state index contributed by atoms with van der Waals surface area (Å²) in [6.07, 6.45) is 6.93. The Bertz CT molecular complexity index is 2630. The van der Waals surface area contributed by atoms with Crippen LogP contribution in [0.25, 0.3) is 21.9 Å². The van der Waals surface area contributed by atoms with Crippen LogP contribution in [0.15, 0.2) is 64.8 Å². The summed E-state index contributed by atoms with van der Waals surface area (Å²) in [5.74, 6) is -0.543. The number of hydrogen-bond donors (Lipinski definition) is 4. The van der Waals surface area contributed by atoms with E-state index in [1.807, 2.05) is 36.6 Å². The molecule has 4 aromatic heterocycles. The van der Waals surface area contributed by atoms with E-state index in [9.17, 15) is 19.8 Å². The van der Waals surface area contributed by atoms with Crippen molar-refractivity contribution in [2.24, 2.45) is 0 Å². The van der Waals surface area contributed by atoms with Crippen LogP contribution < -0.4 is 10.9 Å². The summed E-state index contributed by atoms with van der Waals surface area (Å²) in [6.45, 7) is 16.1. The molecule has 6 aromatic rings. The van der Waals surface area contributed by atoms with Crippen LogP contribution in [0.2, 0.25) is 18.1 Å². The van der Waals surface area contributed by atoms with E-state index < -0.39 is 19.9 Å². The Morgan fingerprint density at radius 2 is 1.84 bits per heavy atom. The van der Waals surface area contributed by atoms with Gasteiger partial charge in [-0.15, -0.1) is 27.8 Å². The first-order chi connectivity index (χ1) is 30.0.